The molecule has 2 heterocycles. The van der Waals surface area contributed by atoms with E-state index in [0.717, 1.165) is 5.69 Å². The topological polar surface area (TPSA) is 69.6 Å². The lowest BCUT2D eigenvalue weighted by Crippen LogP contribution is -2.01. The van der Waals surface area contributed by atoms with E-state index >= 15 is 0 Å². The Hall–Kier alpha value is -1.91. The highest BCUT2D eigenvalue weighted by Crippen LogP contribution is 2.06. The maximum Gasteiger partial charge on any atom is 0.223 e. The van der Waals surface area contributed by atoms with Crippen LogP contribution in [0, 0.1) is 0 Å². The summed E-state index contributed by atoms with van der Waals surface area (Å²) < 4.78 is 1.54. The highest BCUT2D eigenvalue weighted by Gasteiger charge is 1.99. The Kier molecular flexibility index (Phi) is 1.48. The molecule has 0 unspecified atom stereocenters. The van der Waals surface area contributed by atoms with Gasteiger partial charge in [-0.05, 0) is 12.1 Å². The number of rotatable bonds is 1. The minimum absolute atomic E-state index is 0.376. The van der Waals surface area contributed by atoms with Crippen molar-refractivity contribution in [2.75, 3.05) is 5.73 Å². The summed E-state index contributed by atoms with van der Waals surface area (Å²) in [7, 11) is 0. The zero-order valence-electron chi connectivity index (χ0n) is 6.25. The van der Waals surface area contributed by atoms with Crippen molar-refractivity contribution in [3.05, 3.63) is 30.9 Å². The monoisotopic (exact) mass is 161 g/mol. The van der Waals surface area contributed by atoms with E-state index in [2.05, 4.69) is 15.1 Å². The molecule has 0 aliphatic rings. The molecule has 60 valence electrons. The standard InChI is InChI=1S/C7H7N5/c8-7-10-5-11-12(7)6-1-3-9-4-2-6/h1-5H,(H2,8,10,11). The molecule has 0 spiro atoms. The summed E-state index contributed by atoms with van der Waals surface area (Å²) in [5, 5.41) is 3.94. The van der Waals surface area contributed by atoms with E-state index < -0.39 is 0 Å². The zero-order chi connectivity index (χ0) is 8.39. The molecule has 0 aliphatic carbocycles. The zero-order valence-corrected chi connectivity index (χ0v) is 6.25. The summed E-state index contributed by atoms with van der Waals surface area (Å²) in [5.41, 5.74) is 6.40. The van der Waals surface area contributed by atoms with Crippen LogP contribution >= 0.6 is 0 Å². The average Bonchev–Trinajstić information content (AvgIpc) is 2.53. The van der Waals surface area contributed by atoms with Crippen LogP contribution in [0.3, 0.4) is 0 Å². The van der Waals surface area contributed by atoms with Gasteiger partial charge in [-0.1, -0.05) is 0 Å². The number of pyridine rings is 1. The lowest BCUT2D eigenvalue weighted by molar-refractivity contribution is 0.887. The Morgan fingerprint density at radius 1 is 1.25 bits per heavy atom. The molecule has 0 aromatic carbocycles. The number of nitrogen functional groups attached to an aromatic ring is 1. The van der Waals surface area contributed by atoms with Crippen molar-refractivity contribution in [3.8, 4) is 5.69 Å². The van der Waals surface area contributed by atoms with E-state index in [0.29, 0.717) is 5.95 Å². The Bertz CT molecular complexity index is 366. The van der Waals surface area contributed by atoms with E-state index in [-0.39, 0.29) is 0 Å². The fourth-order valence-electron chi connectivity index (χ4n) is 0.935. The number of aromatic nitrogens is 4. The largest absolute Gasteiger partial charge is 0.368 e. The van der Waals surface area contributed by atoms with Crippen LogP contribution in [0.5, 0.6) is 0 Å². The van der Waals surface area contributed by atoms with E-state index in [9.17, 15) is 0 Å². The first-order chi connectivity index (χ1) is 5.88. The van der Waals surface area contributed by atoms with E-state index in [1.165, 1.54) is 6.33 Å². The maximum atomic E-state index is 5.54. The number of anilines is 1. The Morgan fingerprint density at radius 3 is 2.58 bits per heavy atom. The van der Waals surface area contributed by atoms with E-state index in [1.807, 2.05) is 12.1 Å². The quantitative estimate of drug-likeness (QED) is 0.650. The van der Waals surface area contributed by atoms with Crippen molar-refractivity contribution in [3.63, 3.8) is 0 Å². The van der Waals surface area contributed by atoms with Crippen LogP contribution < -0.4 is 5.73 Å². The lowest BCUT2D eigenvalue weighted by Gasteiger charge is -1.99. The van der Waals surface area contributed by atoms with Gasteiger partial charge >= 0.3 is 0 Å². The van der Waals surface area contributed by atoms with Gasteiger partial charge in [-0.15, -0.1) is 0 Å². The number of hydrogen-bond acceptors (Lipinski definition) is 4. The summed E-state index contributed by atoms with van der Waals surface area (Å²) in [6.45, 7) is 0. The molecule has 0 bridgehead atoms. The van der Waals surface area contributed by atoms with Crippen LogP contribution in [-0.4, -0.2) is 19.7 Å². The fraction of sp³-hybridized carbons (Fsp3) is 0. The molecule has 5 heteroatoms. The Morgan fingerprint density at radius 2 is 2.00 bits per heavy atom. The third-order valence-corrected chi connectivity index (χ3v) is 1.48. The molecule has 0 atom stereocenters. The van der Waals surface area contributed by atoms with Gasteiger partial charge in [0, 0.05) is 12.4 Å². The molecule has 2 rings (SSSR count). The van der Waals surface area contributed by atoms with E-state index in [4.69, 9.17) is 5.73 Å². The van der Waals surface area contributed by atoms with Crippen molar-refractivity contribution >= 4 is 5.95 Å². The molecule has 5 nitrogen and oxygen atoms in total. The van der Waals surface area contributed by atoms with Crippen molar-refractivity contribution in [1.82, 2.24) is 19.7 Å². The van der Waals surface area contributed by atoms with Crippen molar-refractivity contribution in [1.29, 1.82) is 0 Å². The first kappa shape index (κ1) is 6.78. The maximum absolute atomic E-state index is 5.54. The molecule has 12 heavy (non-hydrogen) atoms. The highest BCUT2D eigenvalue weighted by molar-refractivity contribution is 5.34. The molecular formula is C7H7N5. The molecule has 0 fully saturated rings. The van der Waals surface area contributed by atoms with E-state index in [1.54, 1.807) is 17.1 Å². The number of nitrogens with zero attached hydrogens (tertiary/aromatic N) is 4. The first-order valence-electron chi connectivity index (χ1n) is 3.44. The van der Waals surface area contributed by atoms with Gasteiger partial charge in [0.2, 0.25) is 5.95 Å². The molecule has 2 N–H and O–H groups in total. The van der Waals surface area contributed by atoms with Crippen LogP contribution in [0.2, 0.25) is 0 Å². The van der Waals surface area contributed by atoms with Gasteiger partial charge in [0.1, 0.15) is 6.33 Å². The second-order valence-electron chi connectivity index (χ2n) is 2.24. The Balaban J connectivity index is 2.51. The minimum atomic E-state index is 0.376. The van der Waals surface area contributed by atoms with Crippen LogP contribution in [0.4, 0.5) is 5.95 Å². The van der Waals surface area contributed by atoms with Gasteiger partial charge in [0.05, 0.1) is 5.69 Å². The summed E-state index contributed by atoms with van der Waals surface area (Å²) in [6, 6.07) is 3.62. The molecule has 0 amide bonds. The van der Waals surface area contributed by atoms with Crippen LogP contribution in [0.25, 0.3) is 5.69 Å². The predicted molar refractivity (Wildman–Crippen MR) is 43.6 cm³/mol. The molecule has 2 aromatic rings. The number of hydrogen-bond donors (Lipinski definition) is 1. The van der Waals surface area contributed by atoms with Crippen molar-refractivity contribution in [2.45, 2.75) is 0 Å². The lowest BCUT2D eigenvalue weighted by atomic mass is 10.4. The predicted octanol–water partition coefficient (Wildman–Crippen LogP) is 0.244. The van der Waals surface area contributed by atoms with Gasteiger partial charge in [-0.2, -0.15) is 14.8 Å². The molecule has 0 radical (unpaired) electrons. The molecule has 0 saturated carbocycles. The SMILES string of the molecule is Nc1ncnn1-c1ccncc1. The summed E-state index contributed by atoms with van der Waals surface area (Å²) in [5.74, 6) is 0.376. The van der Waals surface area contributed by atoms with Gasteiger partial charge in [-0.25, -0.2) is 0 Å². The second-order valence-corrected chi connectivity index (χ2v) is 2.24. The van der Waals surface area contributed by atoms with Crippen LogP contribution in [0.15, 0.2) is 30.9 Å². The molecule has 2 aromatic heterocycles. The Labute approximate surface area is 68.9 Å². The minimum Gasteiger partial charge on any atom is -0.368 e. The van der Waals surface area contributed by atoms with Crippen LogP contribution in [-0.2, 0) is 0 Å². The summed E-state index contributed by atoms with van der Waals surface area (Å²) in [4.78, 5) is 7.68. The summed E-state index contributed by atoms with van der Waals surface area (Å²) >= 11 is 0. The third-order valence-electron chi connectivity index (χ3n) is 1.48. The first-order valence-corrected chi connectivity index (χ1v) is 3.44. The van der Waals surface area contributed by atoms with Gasteiger partial charge in [0.15, 0.2) is 0 Å². The average molecular weight is 161 g/mol. The van der Waals surface area contributed by atoms with Crippen LogP contribution in [0.1, 0.15) is 0 Å². The van der Waals surface area contributed by atoms with Crippen molar-refractivity contribution in [2.24, 2.45) is 0 Å². The molecule has 0 saturated heterocycles. The number of nitrogens with two attached hydrogens (primary N) is 1. The molecular weight excluding hydrogens is 154 g/mol. The highest BCUT2D eigenvalue weighted by atomic mass is 15.4. The van der Waals surface area contributed by atoms with Crippen molar-refractivity contribution < 1.29 is 0 Å². The smallest absolute Gasteiger partial charge is 0.223 e. The second kappa shape index (κ2) is 2.61. The normalized spacial score (nSPS) is 10.0. The fourth-order valence-corrected chi connectivity index (χ4v) is 0.935. The van der Waals surface area contributed by atoms with Gasteiger partial charge in [-0.3, -0.25) is 4.98 Å². The van der Waals surface area contributed by atoms with Gasteiger partial charge < -0.3 is 5.73 Å². The molecule has 0 aliphatic heterocycles. The third kappa shape index (κ3) is 1.01. The van der Waals surface area contributed by atoms with Gasteiger partial charge in [0.25, 0.3) is 0 Å². The summed E-state index contributed by atoms with van der Waals surface area (Å²) in [6.07, 6.45) is 4.77.